The lowest BCUT2D eigenvalue weighted by molar-refractivity contribution is 0.0948. The summed E-state index contributed by atoms with van der Waals surface area (Å²) in [5.41, 5.74) is 3.74. The Morgan fingerprint density at radius 2 is 1.67 bits per heavy atom. The molecule has 2 fully saturated rings. The van der Waals surface area contributed by atoms with E-state index < -0.39 is 10.0 Å². The van der Waals surface area contributed by atoms with E-state index >= 15 is 0 Å². The third-order valence-corrected chi connectivity index (χ3v) is 10.9. The molecule has 0 atom stereocenters. The summed E-state index contributed by atoms with van der Waals surface area (Å²) >= 11 is 0. The highest BCUT2D eigenvalue weighted by atomic mass is 32.2. The van der Waals surface area contributed by atoms with Gasteiger partial charge in [0.1, 0.15) is 0 Å². The molecule has 6 rings (SSSR count). The number of piperidine rings is 1. The molecule has 1 amide bonds. The van der Waals surface area contributed by atoms with E-state index in [2.05, 4.69) is 57.4 Å². The van der Waals surface area contributed by atoms with E-state index in [1.165, 1.54) is 5.56 Å². The van der Waals surface area contributed by atoms with Crippen molar-refractivity contribution in [3.8, 4) is 11.3 Å². The number of nitrogens with one attached hydrogen (secondary N) is 1. The van der Waals surface area contributed by atoms with Crippen molar-refractivity contribution in [2.24, 2.45) is 5.92 Å². The maximum atomic E-state index is 13.7. The summed E-state index contributed by atoms with van der Waals surface area (Å²) in [5.74, 6) is 0.282. The van der Waals surface area contributed by atoms with Gasteiger partial charge in [-0.3, -0.25) is 14.7 Å². The molecule has 2 aromatic carbocycles. The number of aromatic nitrogens is 2. The van der Waals surface area contributed by atoms with Crippen molar-refractivity contribution in [3.05, 3.63) is 90.3 Å². The van der Waals surface area contributed by atoms with Gasteiger partial charge in [0.2, 0.25) is 10.0 Å². The molecule has 236 valence electrons. The second-order valence-electron chi connectivity index (χ2n) is 12.3. The monoisotopic (exact) mass is 626 g/mol. The van der Waals surface area contributed by atoms with Crippen molar-refractivity contribution >= 4 is 26.8 Å². The molecular weight excluding hydrogens is 584 g/mol. The number of rotatable bonds is 10. The van der Waals surface area contributed by atoms with E-state index in [-0.39, 0.29) is 10.8 Å². The van der Waals surface area contributed by atoms with E-state index in [4.69, 9.17) is 4.98 Å². The number of hydrogen-bond acceptors (Lipinski definition) is 7. The lowest BCUT2D eigenvalue weighted by atomic mass is 10.0. The molecule has 2 aliphatic heterocycles. The fourth-order valence-corrected chi connectivity index (χ4v) is 7.70. The van der Waals surface area contributed by atoms with Gasteiger partial charge in [-0.25, -0.2) is 13.4 Å². The summed E-state index contributed by atoms with van der Waals surface area (Å²) in [5, 5.41) is 3.63. The zero-order valence-corrected chi connectivity index (χ0v) is 26.8. The van der Waals surface area contributed by atoms with Crippen LogP contribution in [0.15, 0.2) is 84.0 Å². The lowest BCUT2D eigenvalue weighted by Gasteiger charge is -2.34. The Morgan fingerprint density at radius 1 is 0.911 bits per heavy atom. The number of fused-ring (bicyclic) bond motifs is 1. The van der Waals surface area contributed by atoms with Gasteiger partial charge < -0.3 is 10.2 Å². The minimum atomic E-state index is -3.68. The molecule has 10 heteroatoms. The Balaban J connectivity index is 1.13. The molecule has 45 heavy (non-hydrogen) atoms. The zero-order chi connectivity index (χ0) is 31.2. The first-order chi connectivity index (χ1) is 21.9. The van der Waals surface area contributed by atoms with Crippen molar-refractivity contribution in [1.82, 2.24) is 29.4 Å². The summed E-state index contributed by atoms with van der Waals surface area (Å²) in [7, 11) is -3.68. The average molecular weight is 627 g/mol. The predicted octanol–water partition coefficient (Wildman–Crippen LogP) is 4.66. The maximum Gasteiger partial charge on any atom is 0.252 e. The predicted molar refractivity (Wildman–Crippen MR) is 177 cm³/mol. The molecule has 0 saturated carbocycles. The van der Waals surface area contributed by atoms with E-state index in [0.717, 1.165) is 64.1 Å². The first-order valence-electron chi connectivity index (χ1n) is 16.0. The van der Waals surface area contributed by atoms with Crippen molar-refractivity contribution in [3.63, 3.8) is 0 Å². The van der Waals surface area contributed by atoms with Gasteiger partial charge in [0, 0.05) is 75.7 Å². The summed E-state index contributed by atoms with van der Waals surface area (Å²) in [6.45, 7) is 9.67. The maximum absolute atomic E-state index is 13.7. The molecule has 4 aromatic rings. The Morgan fingerprint density at radius 3 is 2.40 bits per heavy atom. The van der Waals surface area contributed by atoms with Crippen LogP contribution in [0.1, 0.15) is 42.1 Å². The number of carbonyl (C=O) groups is 1. The number of sulfonamides is 1. The van der Waals surface area contributed by atoms with Crippen LogP contribution in [0.4, 0.5) is 0 Å². The smallest absolute Gasteiger partial charge is 0.252 e. The summed E-state index contributed by atoms with van der Waals surface area (Å²) < 4.78 is 28.7. The van der Waals surface area contributed by atoms with Crippen LogP contribution in [0.25, 0.3) is 22.2 Å². The Kier molecular flexibility index (Phi) is 9.85. The quantitative estimate of drug-likeness (QED) is 0.256. The third kappa shape index (κ3) is 7.58. The second kappa shape index (κ2) is 14.2. The fraction of sp³-hybridized carbons (Fsp3) is 0.400. The fourth-order valence-electron chi connectivity index (χ4n) is 6.20. The van der Waals surface area contributed by atoms with E-state index in [1.807, 2.05) is 12.1 Å². The molecule has 0 radical (unpaired) electrons. The van der Waals surface area contributed by atoms with Crippen molar-refractivity contribution in [2.75, 3.05) is 52.4 Å². The van der Waals surface area contributed by atoms with Crippen LogP contribution in [0.2, 0.25) is 0 Å². The van der Waals surface area contributed by atoms with Gasteiger partial charge in [0.25, 0.3) is 5.91 Å². The minimum absolute atomic E-state index is 0.195. The molecule has 4 heterocycles. The molecule has 2 saturated heterocycles. The molecule has 2 aromatic heterocycles. The highest BCUT2D eigenvalue weighted by Gasteiger charge is 2.29. The van der Waals surface area contributed by atoms with Gasteiger partial charge in [-0.05, 0) is 73.7 Å². The van der Waals surface area contributed by atoms with Crippen molar-refractivity contribution in [2.45, 2.75) is 37.6 Å². The lowest BCUT2D eigenvalue weighted by Crippen LogP contribution is -2.46. The summed E-state index contributed by atoms with van der Waals surface area (Å²) in [6.07, 6.45) is 5.93. The molecule has 1 N–H and O–H groups in total. The number of carbonyl (C=O) groups excluding carboxylic acids is 1. The number of amides is 1. The normalized spacial score (nSPS) is 17.4. The van der Waals surface area contributed by atoms with Crippen LogP contribution in [0, 0.1) is 5.92 Å². The summed E-state index contributed by atoms with van der Waals surface area (Å²) in [4.78, 5) is 27.8. The van der Waals surface area contributed by atoms with Gasteiger partial charge >= 0.3 is 0 Å². The third-order valence-electron chi connectivity index (χ3n) is 9.01. The molecule has 2 aliphatic rings. The van der Waals surface area contributed by atoms with Crippen LogP contribution in [-0.4, -0.2) is 90.8 Å². The van der Waals surface area contributed by atoms with Crippen molar-refractivity contribution < 1.29 is 13.2 Å². The second-order valence-corrected chi connectivity index (χ2v) is 14.2. The SMILES string of the molecule is CC1CCN(S(=O)(=O)c2ccc3nc(-c4cccnc4)cc(C(=O)NCCCN4CCN(Cc5ccccc5)CC4)c3c2)CC1. The van der Waals surface area contributed by atoms with Crippen LogP contribution < -0.4 is 5.32 Å². The van der Waals surface area contributed by atoms with Crippen LogP contribution in [0.5, 0.6) is 0 Å². The molecule has 9 nitrogen and oxygen atoms in total. The van der Waals surface area contributed by atoms with E-state index in [0.29, 0.717) is 47.7 Å². The first-order valence-corrected chi connectivity index (χ1v) is 17.4. The van der Waals surface area contributed by atoms with Gasteiger partial charge in [-0.2, -0.15) is 4.31 Å². The van der Waals surface area contributed by atoms with E-state index in [1.54, 1.807) is 41.0 Å². The molecule has 0 aliphatic carbocycles. The molecule has 0 bridgehead atoms. The van der Waals surface area contributed by atoms with Gasteiger partial charge in [0.05, 0.1) is 21.7 Å². The highest BCUT2D eigenvalue weighted by Crippen LogP contribution is 2.29. The Hall–Kier alpha value is -3.70. The largest absolute Gasteiger partial charge is 0.352 e. The molecule has 0 unspecified atom stereocenters. The van der Waals surface area contributed by atoms with Crippen LogP contribution >= 0.6 is 0 Å². The summed E-state index contributed by atoms with van der Waals surface area (Å²) in [6, 6.07) is 21.0. The van der Waals surface area contributed by atoms with Gasteiger partial charge in [-0.15, -0.1) is 0 Å². The van der Waals surface area contributed by atoms with Crippen molar-refractivity contribution in [1.29, 1.82) is 0 Å². The Bertz CT molecular complexity index is 1700. The topological polar surface area (TPSA) is 98.7 Å². The Labute approximate surface area is 266 Å². The number of piperazine rings is 1. The van der Waals surface area contributed by atoms with Gasteiger partial charge in [-0.1, -0.05) is 37.3 Å². The average Bonchev–Trinajstić information content (AvgIpc) is 3.07. The molecule has 0 spiro atoms. The first kappa shape index (κ1) is 31.3. The number of hydrogen-bond donors (Lipinski definition) is 1. The highest BCUT2D eigenvalue weighted by molar-refractivity contribution is 7.89. The van der Waals surface area contributed by atoms with E-state index in [9.17, 15) is 13.2 Å². The van der Waals surface area contributed by atoms with Crippen LogP contribution in [-0.2, 0) is 16.6 Å². The molecular formula is C35H42N6O3S. The van der Waals surface area contributed by atoms with Crippen LogP contribution in [0.3, 0.4) is 0 Å². The standard InChI is InChI=1S/C35H42N6O3S/c1-27-12-17-41(18-13-27)45(43,44)30-10-11-33-31(23-30)32(24-34(38-33)29-9-5-14-36-25-29)35(42)37-15-6-16-39-19-21-40(22-20-39)26-28-7-3-2-4-8-28/h2-5,7-11,14,23-25,27H,6,12-13,15-22,26H2,1H3,(H,37,42). The zero-order valence-electron chi connectivity index (χ0n) is 25.9. The number of benzene rings is 2. The minimum Gasteiger partial charge on any atom is -0.352 e. The van der Waals surface area contributed by atoms with Gasteiger partial charge in [0.15, 0.2) is 0 Å². The number of nitrogens with zero attached hydrogens (tertiary/aromatic N) is 5. The number of pyridine rings is 2.